The molecule has 0 radical (unpaired) electrons. The number of anilines is 1. The van der Waals surface area contributed by atoms with Crippen molar-refractivity contribution >= 4 is 39.3 Å². The number of hydrogen-bond donors (Lipinski definition) is 0. The average molecular weight is 526 g/mol. The van der Waals surface area contributed by atoms with E-state index < -0.39 is 17.8 Å². The summed E-state index contributed by atoms with van der Waals surface area (Å²) in [6.07, 6.45) is 1.40. The van der Waals surface area contributed by atoms with Crippen LogP contribution in [-0.4, -0.2) is 41.7 Å². The Bertz CT molecular complexity index is 1200. The fraction of sp³-hybridized carbons (Fsp3) is 0.222. The smallest absolute Gasteiger partial charge is 0.349 e. The zero-order valence-electron chi connectivity index (χ0n) is 15.7. The van der Waals surface area contributed by atoms with Crippen LogP contribution in [0.15, 0.2) is 43.2 Å². The zero-order chi connectivity index (χ0) is 21.5. The zero-order valence-corrected chi connectivity index (χ0v) is 17.9. The van der Waals surface area contributed by atoms with E-state index in [1.54, 1.807) is 30.4 Å². The molecule has 154 valence electrons. The van der Waals surface area contributed by atoms with Crippen molar-refractivity contribution in [2.75, 3.05) is 11.9 Å². The van der Waals surface area contributed by atoms with Crippen molar-refractivity contribution in [3.05, 3.63) is 58.2 Å². The monoisotopic (exact) mass is 526 g/mol. The number of alkyl halides is 3. The third-order valence-corrected chi connectivity index (χ3v) is 5.43. The van der Waals surface area contributed by atoms with E-state index in [2.05, 4.69) is 30.0 Å². The Kier molecular flexibility index (Phi) is 5.26. The summed E-state index contributed by atoms with van der Waals surface area (Å²) in [6, 6.07) is 3.43. The normalized spacial score (nSPS) is 12.9. The number of benzene rings is 1. The molecule has 0 aliphatic heterocycles. The van der Waals surface area contributed by atoms with Gasteiger partial charge in [0.1, 0.15) is 18.5 Å². The summed E-state index contributed by atoms with van der Waals surface area (Å²) < 4.78 is 41.9. The van der Waals surface area contributed by atoms with Crippen molar-refractivity contribution in [2.24, 2.45) is 0 Å². The van der Waals surface area contributed by atoms with E-state index in [-0.39, 0.29) is 0 Å². The molecule has 0 spiro atoms. The summed E-state index contributed by atoms with van der Waals surface area (Å²) in [4.78, 5) is 22.8. The second-order valence-electron chi connectivity index (χ2n) is 6.41. The Morgan fingerprint density at radius 2 is 1.77 bits per heavy atom. The molecule has 3 heterocycles. The number of halogens is 4. The van der Waals surface area contributed by atoms with E-state index in [4.69, 9.17) is 0 Å². The maximum absolute atomic E-state index is 13.4. The summed E-state index contributed by atoms with van der Waals surface area (Å²) in [5.74, 6) is 1.20. The Morgan fingerprint density at radius 3 is 2.47 bits per heavy atom. The molecule has 3 aromatic heterocycles. The summed E-state index contributed by atoms with van der Waals surface area (Å²) in [5, 5.41) is 4.48. The predicted molar refractivity (Wildman–Crippen MR) is 111 cm³/mol. The van der Waals surface area contributed by atoms with E-state index >= 15 is 0 Å². The first-order chi connectivity index (χ1) is 14.3. The molecule has 0 saturated carbocycles. The van der Waals surface area contributed by atoms with Crippen molar-refractivity contribution in [2.45, 2.75) is 19.1 Å². The highest BCUT2D eigenvalue weighted by atomic mass is 127. The first-order valence-corrected chi connectivity index (χ1v) is 9.77. The first kappa shape index (κ1) is 20.4. The quantitative estimate of drug-likeness (QED) is 0.374. The van der Waals surface area contributed by atoms with Crippen molar-refractivity contribution in [1.82, 2.24) is 34.7 Å². The van der Waals surface area contributed by atoms with Crippen LogP contribution in [-0.2, 0) is 6.18 Å². The van der Waals surface area contributed by atoms with Crippen molar-refractivity contribution in [3.63, 3.8) is 0 Å². The van der Waals surface area contributed by atoms with Gasteiger partial charge in [0.05, 0.1) is 17.1 Å². The first-order valence-electron chi connectivity index (χ1n) is 8.69. The van der Waals surface area contributed by atoms with Crippen LogP contribution in [0.5, 0.6) is 0 Å². The van der Waals surface area contributed by atoms with Gasteiger partial charge in [0.15, 0.2) is 5.82 Å². The fourth-order valence-corrected chi connectivity index (χ4v) is 3.77. The highest BCUT2D eigenvalue weighted by molar-refractivity contribution is 14.1. The molecule has 4 rings (SSSR count). The number of hydrogen-bond acceptors (Lipinski definition) is 7. The minimum absolute atomic E-state index is 0.299. The largest absolute Gasteiger partial charge is 0.416 e. The van der Waals surface area contributed by atoms with Gasteiger partial charge in [0.25, 0.3) is 5.95 Å². The van der Waals surface area contributed by atoms with Crippen LogP contribution >= 0.6 is 22.6 Å². The van der Waals surface area contributed by atoms with Crippen LogP contribution in [0.3, 0.4) is 0 Å². The van der Waals surface area contributed by atoms with Crippen LogP contribution in [0.1, 0.15) is 24.4 Å². The van der Waals surface area contributed by atoms with E-state index in [1.165, 1.54) is 17.3 Å². The number of nitrogens with zero attached hydrogens (tertiary/aromatic N) is 8. The Hall–Kier alpha value is -2.90. The molecular formula is C18H14F3IN8. The van der Waals surface area contributed by atoms with E-state index in [1.807, 2.05) is 29.5 Å². The minimum atomic E-state index is -4.48. The standard InChI is InChI=1S/C18H14F3IN8/c1-10(15-27-9-28-30(15)17-23-4-3-5-24-17)29(2)16-12-6-11(18(19,20)21)7-13(22)14(12)25-8-26-16/h3-10H,1-2H3/t10-/m0/s1. The van der Waals surface area contributed by atoms with Crippen LogP contribution in [0.4, 0.5) is 19.0 Å². The molecular weight excluding hydrogens is 512 g/mol. The molecule has 1 aromatic carbocycles. The highest BCUT2D eigenvalue weighted by Gasteiger charge is 2.32. The maximum atomic E-state index is 13.4. The molecule has 1 atom stereocenters. The summed E-state index contributed by atoms with van der Waals surface area (Å²) in [5.41, 5.74) is -0.308. The van der Waals surface area contributed by atoms with Crippen LogP contribution < -0.4 is 4.90 Å². The van der Waals surface area contributed by atoms with Crippen molar-refractivity contribution < 1.29 is 13.2 Å². The Morgan fingerprint density at radius 1 is 1.03 bits per heavy atom. The lowest BCUT2D eigenvalue weighted by Crippen LogP contribution is -2.26. The third kappa shape index (κ3) is 3.66. The van der Waals surface area contributed by atoms with Crippen LogP contribution in [0, 0.1) is 3.57 Å². The summed E-state index contributed by atoms with van der Waals surface area (Å²) in [6.45, 7) is 1.84. The molecule has 0 aliphatic carbocycles. The highest BCUT2D eigenvalue weighted by Crippen LogP contribution is 2.36. The second-order valence-corrected chi connectivity index (χ2v) is 7.58. The molecule has 0 bridgehead atoms. The molecule has 0 saturated heterocycles. The SMILES string of the molecule is C[C@@H](c1ncnn1-c1ncccn1)N(C)c1ncnc2c(I)cc(C(F)(F)F)cc12. The molecule has 8 nitrogen and oxygen atoms in total. The summed E-state index contributed by atoms with van der Waals surface area (Å²) >= 11 is 1.85. The maximum Gasteiger partial charge on any atom is 0.416 e. The predicted octanol–water partition coefficient (Wildman–Crippen LogP) is 3.82. The Labute approximate surface area is 182 Å². The Balaban J connectivity index is 1.80. The molecule has 30 heavy (non-hydrogen) atoms. The van der Waals surface area contributed by atoms with Gasteiger partial charge in [-0.05, 0) is 47.7 Å². The molecule has 0 unspecified atom stereocenters. The molecule has 0 amide bonds. The topological polar surface area (TPSA) is 85.5 Å². The van der Waals surface area contributed by atoms with Crippen molar-refractivity contribution in [1.29, 1.82) is 0 Å². The number of rotatable bonds is 4. The fourth-order valence-electron chi connectivity index (χ4n) is 3.00. The molecule has 4 aromatic rings. The van der Waals surface area contributed by atoms with Gasteiger partial charge in [-0.15, -0.1) is 0 Å². The van der Waals surface area contributed by atoms with E-state index in [0.717, 1.165) is 12.1 Å². The van der Waals surface area contributed by atoms with Gasteiger partial charge in [0, 0.05) is 28.4 Å². The third-order valence-electron chi connectivity index (χ3n) is 4.60. The number of aromatic nitrogens is 7. The lowest BCUT2D eigenvalue weighted by Gasteiger charge is -2.26. The van der Waals surface area contributed by atoms with E-state index in [9.17, 15) is 13.2 Å². The van der Waals surface area contributed by atoms with Crippen molar-refractivity contribution in [3.8, 4) is 5.95 Å². The van der Waals surface area contributed by atoms with Gasteiger partial charge in [-0.25, -0.2) is 24.9 Å². The second kappa shape index (κ2) is 7.74. The molecule has 0 aliphatic rings. The summed E-state index contributed by atoms with van der Waals surface area (Å²) in [7, 11) is 1.73. The van der Waals surface area contributed by atoms with Gasteiger partial charge >= 0.3 is 6.18 Å². The van der Waals surface area contributed by atoms with Gasteiger partial charge in [0.2, 0.25) is 0 Å². The van der Waals surface area contributed by atoms with E-state index in [0.29, 0.717) is 32.1 Å². The van der Waals surface area contributed by atoms with Crippen LogP contribution in [0.2, 0.25) is 0 Å². The molecule has 0 fully saturated rings. The molecule has 12 heteroatoms. The minimum Gasteiger partial charge on any atom is -0.349 e. The van der Waals surface area contributed by atoms with Gasteiger partial charge < -0.3 is 4.90 Å². The van der Waals surface area contributed by atoms with Gasteiger partial charge in [-0.3, -0.25) is 0 Å². The van der Waals surface area contributed by atoms with Gasteiger partial charge in [-0.1, -0.05) is 0 Å². The van der Waals surface area contributed by atoms with Crippen LogP contribution in [0.25, 0.3) is 16.9 Å². The molecule has 0 N–H and O–H groups in total. The number of fused-ring (bicyclic) bond motifs is 1. The lowest BCUT2D eigenvalue weighted by atomic mass is 10.1. The lowest BCUT2D eigenvalue weighted by molar-refractivity contribution is -0.137. The van der Waals surface area contributed by atoms with Gasteiger partial charge in [-0.2, -0.15) is 23.0 Å². The average Bonchev–Trinajstić information content (AvgIpc) is 3.22.